The van der Waals surface area contributed by atoms with Gasteiger partial charge in [0, 0.05) is 33.1 Å². The maximum atomic E-state index is 6.42. The maximum absolute atomic E-state index is 6.42. The topological polar surface area (TPSA) is 25.2 Å². The van der Waals surface area contributed by atoms with Crippen molar-refractivity contribution < 1.29 is 4.42 Å². The third-order valence-corrected chi connectivity index (χ3v) is 13.3. The van der Waals surface area contributed by atoms with E-state index in [1.54, 1.807) is 0 Å². The smallest absolute Gasteiger partial charge is 0.136 e. The van der Waals surface area contributed by atoms with Crippen molar-refractivity contribution in [2.75, 3.05) is 5.32 Å². The Hall–Kier alpha value is -6.64. The Morgan fingerprint density at radius 3 is 1.87 bits per heavy atom. The molecule has 2 nitrogen and oxygen atoms in total. The van der Waals surface area contributed by atoms with E-state index >= 15 is 0 Å². The molecule has 0 fully saturated rings. The molecule has 0 amide bonds. The van der Waals surface area contributed by atoms with Crippen molar-refractivity contribution in [2.45, 2.75) is 78.6 Å². The van der Waals surface area contributed by atoms with Crippen LogP contribution in [0.15, 0.2) is 168 Å². The molecule has 0 aliphatic heterocycles. The Morgan fingerprint density at radius 2 is 1.13 bits per heavy atom. The van der Waals surface area contributed by atoms with Crippen molar-refractivity contribution in [1.29, 1.82) is 0 Å². The van der Waals surface area contributed by atoms with Crippen molar-refractivity contribution >= 4 is 33.3 Å². The number of aryl methyl sites for hydroxylation is 1. The number of para-hydroxylation sites is 1. The van der Waals surface area contributed by atoms with Gasteiger partial charge in [-0.15, -0.1) is 0 Å². The Balaban J connectivity index is 1.27. The fourth-order valence-corrected chi connectivity index (χ4v) is 9.91. The number of hydrogen-bond acceptors (Lipinski definition) is 2. The zero-order chi connectivity index (χ0) is 43.1. The number of benzene rings is 8. The van der Waals surface area contributed by atoms with E-state index in [0.29, 0.717) is 0 Å². The van der Waals surface area contributed by atoms with Crippen LogP contribution in [0.3, 0.4) is 0 Å². The normalized spacial score (nSPS) is 13.4. The van der Waals surface area contributed by atoms with Gasteiger partial charge in [-0.05, 0) is 132 Å². The molecule has 306 valence electrons. The number of anilines is 2. The van der Waals surface area contributed by atoms with Gasteiger partial charge >= 0.3 is 0 Å². The van der Waals surface area contributed by atoms with Crippen LogP contribution >= 0.6 is 0 Å². The van der Waals surface area contributed by atoms with E-state index in [1.165, 1.54) is 66.8 Å². The summed E-state index contributed by atoms with van der Waals surface area (Å²) in [6.07, 6.45) is 0. The number of nitrogens with one attached hydrogen (secondary N) is 1. The molecule has 0 spiro atoms. The van der Waals surface area contributed by atoms with Gasteiger partial charge < -0.3 is 9.73 Å². The second-order valence-corrected chi connectivity index (χ2v) is 19.9. The highest BCUT2D eigenvalue weighted by atomic mass is 16.3. The molecular weight excluding hydrogens is 751 g/mol. The van der Waals surface area contributed by atoms with Crippen LogP contribution in [0.25, 0.3) is 77.6 Å². The van der Waals surface area contributed by atoms with E-state index in [4.69, 9.17) is 4.42 Å². The summed E-state index contributed by atoms with van der Waals surface area (Å²) in [5.41, 5.74) is 22.8. The van der Waals surface area contributed by atoms with Gasteiger partial charge in [0.1, 0.15) is 11.2 Å². The minimum Gasteiger partial charge on any atom is -0.456 e. The van der Waals surface area contributed by atoms with Gasteiger partial charge in [-0.25, -0.2) is 0 Å². The minimum atomic E-state index is -0.205. The molecule has 0 bridgehead atoms. The average molecular weight is 806 g/mol. The summed E-state index contributed by atoms with van der Waals surface area (Å²) in [6.45, 7) is 21.3. The number of fused-ring (bicyclic) bond motifs is 6. The lowest BCUT2D eigenvalue weighted by Gasteiger charge is -2.30. The first kappa shape index (κ1) is 39.5. The van der Waals surface area contributed by atoms with Crippen molar-refractivity contribution in [3.05, 3.63) is 192 Å². The standard InChI is InChI=1S/C60H55NO/c1-37-18-13-14-21-43(37)55-45(31-32-48-57(55)56-49(59(5,6)7)35-41(58(2,3)4)36-50(56)60(48,8)9)47-34-40(44-23-17-25-53-54(44)46-22-15-16-24-52(46)62-53)28-33-51(47)61-42-29-26-39(27-30-42)38-19-11-10-12-20-38/h10-36,61H,1-9H3. The molecule has 0 radical (unpaired) electrons. The number of rotatable bonds is 6. The van der Waals surface area contributed by atoms with Crippen LogP contribution < -0.4 is 5.32 Å². The second kappa shape index (κ2) is 14.5. The molecule has 0 atom stereocenters. The fraction of sp³-hybridized carbons (Fsp3) is 0.200. The summed E-state index contributed by atoms with van der Waals surface area (Å²) in [7, 11) is 0. The zero-order valence-corrected chi connectivity index (χ0v) is 37.5. The molecule has 10 rings (SSSR count). The highest BCUT2D eigenvalue weighted by Gasteiger charge is 2.42. The van der Waals surface area contributed by atoms with E-state index in [9.17, 15) is 0 Å². The molecule has 9 aromatic rings. The van der Waals surface area contributed by atoms with Crippen LogP contribution in [-0.2, 0) is 16.2 Å². The lowest BCUT2D eigenvalue weighted by atomic mass is 9.74. The lowest BCUT2D eigenvalue weighted by Crippen LogP contribution is -2.21. The van der Waals surface area contributed by atoms with Crippen molar-refractivity contribution in [3.8, 4) is 55.6 Å². The van der Waals surface area contributed by atoms with E-state index < -0.39 is 0 Å². The molecule has 0 unspecified atom stereocenters. The van der Waals surface area contributed by atoms with Crippen LogP contribution in [0.1, 0.15) is 83.2 Å². The van der Waals surface area contributed by atoms with Gasteiger partial charge in [-0.2, -0.15) is 0 Å². The summed E-state index contributed by atoms with van der Waals surface area (Å²) >= 11 is 0. The van der Waals surface area contributed by atoms with Gasteiger partial charge in [0.2, 0.25) is 0 Å². The summed E-state index contributed by atoms with van der Waals surface area (Å²) in [5, 5.41) is 6.19. The quantitative estimate of drug-likeness (QED) is 0.181. The fourth-order valence-electron chi connectivity index (χ4n) is 9.91. The highest BCUT2D eigenvalue weighted by Crippen LogP contribution is 2.58. The van der Waals surface area contributed by atoms with Crippen LogP contribution in [0.5, 0.6) is 0 Å². The summed E-state index contributed by atoms with van der Waals surface area (Å²) in [4.78, 5) is 0. The number of furan rings is 1. The molecule has 1 aliphatic rings. The molecule has 62 heavy (non-hydrogen) atoms. The molecule has 1 N–H and O–H groups in total. The van der Waals surface area contributed by atoms with Crippen molar-refractivity contribution in [1.82, 2.24) is 0 Å². The average Bonchev–Trinajstić information content (AvgIpc) is 3.75. The van der Waals surface area contributed by atoms with Crippen LogP contribution in [0.4, 0.5) is 11.4 Å². The Bertz CT molecular complexity index is 3180. The largest absolute Gasteiger partial charge is 0.456 e. The van der Waals surface area contributed by atoms with E-state index in [0.717, 1.165) is 50.0 Å². The molecule has 8 aromatic carbocycles. The van der Waals surface area contributed by atoms with Gasteiger partial charge in [0.15, 0.2) is 0 Å². The Kier molecular flexibility index (Phi) is 9.23. The van der Waals surface area contributed by atoms with E-state index in [2.05, 4.69) is 225 Å². The third kappa shape index (κ3) is 6.56. The van der Waals surface area contributed by atoms with E-state index in [-0.39, 0.29) is 16.2 Å². The van der Waals surface area contributed by atoms with Gasteiger partial charge in [0.05, 0.1) is 0 Å². The minimum absolute atomic E-state index is 0.00731. The Labute approximate surface area is 367 Å². The third-order valence-electron chi connectivity index (χ3n) is 13.3. The monoisotopic (exact) mass is 805 g/mol. The second-order valence-electron chi connectivity index (χ2n) is 19.9. The van der Waals surface area contributed by atoms with E-state index in [1.807, 2.05) is 6.07 Å². The Morgan fingerprint density at radius 1 is 0.468 bits per heavy atom. The summed E-state index contributed by atoms with van der Waals surface area (Å²) in [6, 6.07) is 60.0. The summed E-state index contributed by atoms with van der Waals surface area (Å²) < 4.78 is 6.42. The zero-order valence-electron chi connectivity index (χ0n) is 37.5. The lowest BCUT2D eigenvalue weighted by molar-refractivity contribution is 0.564. The van der Waals surface area contributed by atoms with Crippen LogP contribution in [0.2, 0.25) is 0 Å². The molecular formula is C60H55NO. The molecule has 1 aliphatic carbocycles. The van der Waals surface area contributed by atoms with Crippen molar-refractivity contribution in [3.63, 3.8) is 0 Å². The molecule has 0 saturated heterocycles. The van der Waals surface area contributed by atoms with Gasteiger partial charge in [-0.3, -0.25) is 0 Å². The first-order valence-electron chi connectivity index (χ1n) is 22.1. The highest BCUT2D eigenvalue weighted by molar-refractivity contribution is 6.13. The molecule has 2 heteroatoms. The predicted octanol–water partition coefficient (Wildman–Crippen LogP) is 17.2. The predicted molar refractivity (Wildman–Crippen MR) is 265 cm³/mol. The summed E-state index contributed by atoms with van der Waals surface area (Å²) in [5.74, 6) is 0. The molecule has 1 heterocycles. The van der Waals surface area contributed by atoms with Gasteiger partial charge in [-0.1, -0.05) is 183 Å². The van der Waals surface area contributed by atoms with Crippen LogP contribution in [-0.4, -0.2) is 0 Å². The first-order chi connectivity index (χ1) is 29.7. The SMILES string of the molecule is Cc1ccccc1-c1c(-c2cc(-c3cccc4oc5ccccc5c34)ccc2Nc2ccc(-c3ccccc3)cc2)ccc2c1-c1c(C(C)(C)C)cc(C(C)(C)C)cc1C2(C)C. The number of hydrogen-bond donors (Lipinski definition) is 1. The molecule has 0 saturated carbocycles. The van der Waals surface area contributed by atoms with Crippen molar-refractivity contribution in [2.24, 2.45) is 0 Å². The van der Waals surface area contributed by atoms with Crippen LogP contribution in [0, 0.1) is 6.92 Å². The maximum Gasteiger partial charge on any atom is 0.136 e. The molecule has 1 aromatic heterocycles. The first-order valence-corrected chi connectivity index (χ1v) is 22.1. The van der Waals surface area contributed by atoms with Gasteiger partial charge in [0.25, 0.3) is 0 Å².